The van der Waals surface area contributed by atoms with Crippen LogP contribution in [-0.4, -0.2) is 13.2 Å². The van der Waals surface area contributed by atoms with Crippen LogP contribution in [0.4, 0.5) is 0 Å². The molecule has 2 atom stereocenters. The Hall–Kier alpha value is 0.736. The van der Waals surface area contributed by atoms with E-state index in [1.54, 1.807) is 0 Å². The summed E-state index contributed by atoms with van der Waals surface area (Å²) in [4.78, 5) is 0. The molecule has 2 rings (SSSR count). The van der Waals surface area contributed by atoms with Gasteiger partial charge in [0.1, 0.15) is 0 Å². The molecule has 40 heavy (non-hydrogen) atoms. The van der Waals surface area contributed by atoms with Crippen LogP contribution in [0.25, 0.3) is 0 Å². The predicted octanol–water partition coefficient (Wildman–Crippen LogP) is 8.83. The van der Waals surface area contributed by atoms with E-state index in [2.05, 4.69) is 62.4 Å². The van der Waals surface area contributed by atoms with Gasteiger partial charge < -0.3 is 6.16 Å². The number of rotatable bonds is 24. The van der Waals surface area contributed by atoms with E-state index < -0.39 is 0 Å². The van der Waals surface area contributed by atoms with Crippen LogP contribution in [0.15, 0.2) is 48.5 Å². The minimum Gasteiger partial charge on any atom is -1.00 e. The zero-order valence-corrected chi connectivity index (χ0v) is 31.1. The van der Waals surface area contributed by atoms with Crippen molar-refractivity contribution in [2.75, 3.05) is 13.2 Å². The number of hydrogen-bond acceptors (Lipinski definition) is 3. The van der Waals surface area contributed by atoms with Gasteiger partial charge in [-0.15, -0.1) is 0 Å². The first-order valence-corrected chi connectivity index (χ1v) is 17.3. The summed E-state index contributed by atoms with van der Waals surface area (Å²) in [6, 6.07) is 18.2. The van der Waals surface area contributed by atoms with Crippen molar-refractivity contribution in [1.82, 2.24) is 0 Å². The summed E-state index contributed by atoms with van der Waals surface area (Å²) in [7, 11) is 0. The smallest absolute Gasteiger partial charge is 1.00 e. The first-order chi connectivity index (χ1) is 19.1. The van der Waals surface area contributed by atoms with Gasteiger partial charge in [0.2, 0.25) is 0 Å². The molecular formula is C36H59KOS2. The molecule has 0 fully saturated rings. The molecule has 0 N–H and O–H groups in total. The second-order valence-electron chi connectivity index (χ2n) is 11.4. The molecule has 0 saturated heterocycles. The predicted molar refractivity (Wildman–Crippen MR) is 181 cm³/mol. The van der Waals surface area contributed by atoms with Crippen LogP contribution >= 0.6 is 25.3 Å². The van der Waals surface area contributed by atoms with E-state index in [-0.39, 0.29) is 63.3 Å². The van der Waals surface area contributed by atoms with Crippen LogP contribution in [0.3, 0.4) is 0 Å². The minimum atomic E-state index is 0. The average Bonchev–Trinajstić information content (AvgIpc) is 2.96. The number of ether oxygens (including phenoxy) is 1. The molecule has 0 aliphatic carbocycles. The fourth-order valence-electron chi connectivity index (χ4n) is 5.21. The van der Waals surface area contributed by atoms with Gasteiger partial charge in [0.25, 0.3) is 0 Å². The number of aryl methyl sites for hydroxylation is 2. The molecule has 222 valence electrons. The van der Waals surface area contributed by atoms with Crippen molar-refractivity contribution in [2.45, 2.75) is 140 Å². The minimum absolute atomic E-state index is 0. The maximum atomic E-state index is 5.97. The summed E-state index contributed by atoms with van der Waals surface area (Å²) in [5, 5.41) is 0.460. The Balaban J connectivity index is 0.00000800. The van der Waals surface area contributed by atoms with Crippen molar-refractivity contribution in [3.05, 3.63) is 70.8 Å². The van der Waals surface area contributed by atoms with Crippen molar-refractivity contribution >= 4 is 25.3 Å². The van der Waals surface area contributed by atoms with Crippen LogP contribution in [0.5, 0.6) is 0 Å². The number of hydrogen-bond donors (Lipinski definition) is 2. The van der Waals surface area contributed by atoms with Crippen LogP contribution in [-0.2, 0) is 17.6 Å². The quantitative estimate of drug-likeness (QED) is 0.0686. The molecular weight excluding hydrogens is 552 g/mol. The molecule has 1 nitrogen and oxygen atoms in total. The summed E-state index contributed by atoms with van der Waals surface area (Å²) in [6.45, 7) is 6.04. The van der Waals surface area contributed by atoms with Gasteiger partial charge in [-0.2, -0.15) is 25.3 Å². The van der Waals surface area contributed by atoms with E-state index >= 15 is 0 Å². The third-order valence-corrected chi connectivity index (χ3v) is 9.05. The first-order valence-electron chi connectivity index (χ1n) is 16.3. The Labute approximate surface area is 303 Å². The van der Waals surface area contributed by atoms with Gasteiger partial charge >= 0.3 is 51.4 Å². The van der Waals surface area contributed by atoms with E-state index in [0.29, 0.717) is 0 Å². The first kappa shape index (κ1) is 38.8. The maximum Gasteiger partial charge on any atom is 1.00 e. The van der Waals surface area contributed by atoms with Gasteiger partial charge in [-0.05, 0) is 60.8 Å². The molecule has 0 radical (unpaired) electrons. The third-order valence-electron chi connectivity index (χ3n) is 7.94. The van der Waals surface area contributed by atoms with Gasteiger partial charge in [-0.25, -0.2) is 0 Å². The van der Waals surface area contributed by atoms with Gasteiger partial charge in [0.15, 0.2) is 0 Å². The molecule has 0 heterocycles. The van der Waals surface area contributed by atoms with Crippen molar-refractivity contribution < 1.29 is 57.5 Å². The normalized spacial score (nSPS) is 12.7. The largest absolute Gasteiger partial charge is 1.00 e. The Bertz CT molecular complexity index is 761. The van der Waals surface area contributed by atoms with Crippen molar-refractivity contribution in [2.24, 2.45) is 0 Å². The molecule has 0 amide bonds. The SMILES string of the molecule is CCCCCCCCCc1ccc(C(S)CCOCCC(S)c2ccc(CCCCCCCCC)cc2)cc1.[H-].[K+]. The average molecular weight is 611 g/mol. The Morgan fingerprint density at radius 2 is 0.850 bits per heavy atom. The van der Waals surface area contributed by atoms with E-state index in [0.717, 1.165) is 26.1 Å². The van der Waals surface area contributed by atoms with Gasteiger partial charge in [0.05, 0.1) is 0 Å². The Morgan fingerprint density at radius 1 is 0.525 bits per heavy atom. The summed E-state index contributed by atoms with van der Waals surface area (Å²) in [5.74, 6) is 0. The fourth-order valence-corrected chi connectivity index (χ4v) is 5.77. The fraction of sp³-hybridized carbons (Fsp3) is 0.667. The summed E-state index contributed by atoms with van der Waals surface area (Å²) < 4.78 is 5.97. The number of thiol groups is 2. The van der Waals surface area contributed by atoms with Crippen LogP contribution < -0.4 is 51.4 Å². The van der Waals surface area contributed by atoms with Gasteiger partial charge in [0, 0.05) is 23.7 Å². The molecule has 0 bridgehead atoms. The zero-order chi connectivity index (χ0) is 28.0. The van der Waals surface area contributed by atoms with Crippen LogP contribution in [0.1, 0.15) is 151 Å². The monoisotopic (exact) mass is 610 g/mol. The molecule has 4 heteroatoms. The molecule has 2 unspecified atom stereocenters. The van der Waals surface area contributed by atoms with Gasteiger partial charge in [-0.1, -0.05) is 139 Å². The standard InChI is InChI=1S/C36H58OS2.K.H/c1-3-5-7-9-11-13-15-17-31-19-23-33(24-20-31)35(38)27-29-37-30-28-36(39)34-25-21-32(22-26-34)18-16-14-12-10-8-6-4-2;;/h19-26,35-36,38-39H,3-18,27-30H2,1-2H3;;/q;+1;-1. The molecule has 2 aromatic rings. The second-order valence-corrected chi connectivity index (χ2v) is 12.7. The number of unbranched alkanes of at least 4 members (excludes halogenated alkanes) is 12. The van der Waals surface area contributed by atoms with Gasteiger partial charge in [-0.3, -0.25) is 0 Å². The van der Waals surface area contributed by atoms with E-state index in [4.69, 9.17) is 30.0 Å². The van der Waals surface area contributed by atoms with E-state index in [1.165, 1.54) is 125 Å². The van der Waals surface area contributed by atoms with E-state index in [9.17, 15) is 0 Å². The summed E-state index contributed by atoms with van der Waals surface area (Å²) >= 11 is 9.69. The molecule has 0 aromatic heterocycles. The molecule has 0 aliphatic rings. The molecule has 0 spiro atoms. The van der Waals surface area contributed by atoms with Crippen LogP contribution in [0.2, 0.25) is 0 Å². The Morgan fingerprint density at radius 3 is 1.20 bits per heavy atom. The molecule has 0 saturated carbocycles. The topological polar surface area (TPSA) is 9.23 Å². The summed E-state index contributed by atoms with van der Waals surface area (Å²) in [5.41, 5.74) is 5.51. The van der Waals surface area contributed by atoms with E-state index in [1.807, 2.05) is 0 Å². The second kappa shape index (κ2) is 26.2. The number of benzene rings is 2. The Kier molecular flexibility index (Phi) is 25.4. The molecule has 2 aromatic carbocycles. The third kappa shape index (κ3) is 18.4. The zero-order valence-electron chi connectivity index (χ0n) is 27.2. The molecule has 0 aliphatic heterocycles. The maximum absolute atomic E-state index is 5.97. The summed E-state index contributed by atoms with van der Waals surface area (Å²) in [6.07, 6.45) is 23.4. The van der Waals surface area contributed by atoms with Crippen molar-refractivity contribution in [3.63, 3.8) is 0 Å². The van der Waals surface area contributed by atoms with Crippen molar-refractivity contribution in [3.8, 4) is 0 Å². The van der Waals surface area contributed by atoms with Crippen molar-refractivity contribution in [1.29, 1.82) is 0 Å². The van der Waals surface area contributed by atoms with Crippen LogP contribution in [0, 0.1) is 0 Å².